The van der Waals surface area contributed by atoms with E-state index in [2.05, 4.69) is 24.5 Å². The van der Waals surface area contributed by atoms with Gasteiger partial charge in [-0.3, -0.25) is 0 Å². The summed E-state index contributed by atoms with van der Waals surface area (Å²) in [6, 6.07) is -1.73. The molecule has 1 fully saturated rings. The Balaban J connectivity index is 2.49. The van der Waals surface area contributed by atoms with E-state index in [1.807, 2.05) is 0 Å². The number of urea groups is 1. The number of carboxylic acids is 1. The number of nitrogens with one attached hydrogen (secondary N) is 2. The highest BCUT2D eigenvalue weighted by Gasteiger charge is 2.33. The maximum atomic E-state index is 11.8. The van der Waals surface area contributed by atoms with Gasteiger partial charge in [0.05, 0.1) is 6.10 Å². The van der Waals surface area contributed by atoms with Crippen LogP contribution in [0, 0.1) is 11.8 Å². The van der Waals surface area contributed by atoms with Gasteiger partial charge in [0.1, 0.15) is 0 Å². The average molecular weight is 272 g/mol. The van der Waals surface area contributed by atoms with Gasteiger partial charge in [-0.15, -0.1) is 0 Å². The van der Waals surface area contributed by atoms with Crippen molar-refractivity contribution in [2.45, 2.75) is 58.2 Å². The van der Waals surface area contributed by atoms with Crippen molar-refractivity contribution in [2.75, 3.05) is 0 Å². The third-order valence-electron chi connectivity index (χ3n) is 4.10. The maximum absolute atomic E-state index is 11.8. The van der Waals surface area contributed by atoms with Gasteiger partial charge in [-0.05, 0) is 31.6 Å². The van der Waals surface area contributed by atoms with Crippen molar-refractivity contribution in [3.8, 4) is 0 Å². The van der Waals surface area contributed by atoms with Crippen molar-refractivity contribution in [1.29, 1.82) is 0 Å². The Morgan fingerprint density at radius 1 is 1.37 bits per heavy atom. The molecule has 0 saturated heterocycles. The summed E-state index contributed by atoms with van der Waals surface area (Å²) in [5.41, 5.74) is 0. The Morgan fingerprint density at radius 2 is 2.00 bits per heavy atom. The fourth-order valence-corrected chi connectivity index (χ4v) is 2.77. The molecule has 0 bridgehead atoms. The van der Waals surface area contributed by atoms with Gasteiger partial charge in [0.2, 0.25) is 0 Å². The zero-order valence-corrected chi connectivity index (χ0v) is 11.7. The minimum Gasteiger partial charge on any atom is -0.480 e. The van der Waals surface area contributed by atoms with Crippen LogP contribution in [0.25, 0.3) is 0 Å². The van der Waals surface area contributed by atoms with Crippen LogP contribution in [0.15, 0.2) is 0 Å². The smallest absolute Gasteiger partial charge is 0.328 e. The molecule has 1 aliphatic rings. The summed E-state index contributed by atoms with van der Waals surface area (Å²) >= 11 is 0. The van der Waals surface area contributed by atoms with E-state index in [1.54, 1.807) is 0 Å². The molecule has 0 aromatic carbocycles. The van der Waals surface area contributed by atoms with Crippen molar-refractivity contribution in [2.24, 2.45) is 11.8 Å². The minimum absolute atomic E-state index is 0.0772. The van der Waals surface area contributed by atoms with Crippen molar-refractivity contribution in [3.05, 3.63) is 0 Å². The third-order valence-corrected chi connectivity index (χ3v) is 4.10. The molecule has 0 aromatic heterocycles. The summed E-state index contributed by atoms with van der Waals surface area (Å²) in [5, 5.41) is 23.3. The fraction of sp³-hybridized carbons (Fsp3) is 0.846. The second kappa shape index (κ2) is 6.75. The highest BCUT2D eigenvalue weighted by Crippen LogP contribution is 2.33. The van der Waals surface area contributed by atoms with Crippen LogP contribution in [0.2, 0.25) is 0 Å². The monoisotopic (exact) mass is 272 g/mol. The van der Waals surface area contributed by atoms with E-state index in [0.717, 1.165) is 19.3 Å². The van der Waals surface area contributed by atoms with Gasteiger partial charge in [0.25, 0.3) is 0 Å². The molecule has 4 N–H and O–H groups in total. The predicted octanol–water partition coefficient (Wildman–Crippen LogP) is 0.944. The van der Waals surface area contributed by atoms with Crippen LogP contribution >= 0.6 is 0 Å². The first-order valence-electron chi connectivity index (χ1n) is 6.84. The Kier molecular flexibility index (Phi) is 5.60. The molecule has 1 rings (SSSR count). The molecule has 0 aromatic rings. The molecule has 1 aliphatic carbocycles. The van der Waals surface area contributed by atoms with Gasteiger partial charge >= 0.3 is 12.0 Å². The third kappa shape index (κ3) is 4.09. The average Bonchev–Trinajstić information content (AvgIpc) is 2.66. The van der Waals surface area contributed by atoms with Crippen LogP contribution in [0.3, 0.4) is 0 Å². The standard InChI is InChI=1S/C13H24N2O4/c1-4-9-5-6-10(7(9)2)14-13(19)15-11(8(3)16)12(17)18/h7-11,16H,4-6H2,1-3H3,(H,17,18)(H2,14,15,19)/t7?,8-,9?,10?,11+/m1/s1. The number of carboxylic acid groups (broad SMARTS) is 1. The van der Waals surface area contributed by atoms with Gasteiger partial charge in [0, 0.05) is 6.04 Å². The van der Waals surface area contributed by atoms with E-state index < -0.39 is 24.1 Å². The van der Waals surface area contributed by atoms with E-state index in [0.29, 0.717) is 11.8 Å². The molecule has 0 heterocycles. The van der Waals surface area contributed by atoms with Crippen LogP contribution in [0.1, 0.15) is 40.0 Å². The molecule has 0 spiro atoms. The van der Waals surface area contributed by atoms with Crippen LogP contribution in [-0.4, -0.2) is 40.4 Å². The first-order chi connectivity index (χ1) is 8.86. The van der Waals surface area contributed by atoms with Crippen molar-refractivity contribution < 1.29 is 19.8 Å². The molecular formula is C13H24N2O4. The quantitative estimate of drug-likeness (QED) is 0.598. The van der Waals surface area contributed by atoms with E-state index >= 15 is 0 Å². The minimum atomic E-state index is -1.28. The lowest BCUT2D eigenvalue weighted by Crippen LogP contribution is -2.53. The maximum Gasteiger partial charge on any atom is 0.328 e. The molecule has 0 aliphatic heterocycles. The highest BCUT2D eigenvalue weighted by atomic mass is 16.4. The van der Waals surface area contributed by atoms with Crippen LogP contribution in [0.4, 0.5) is 4.79 Å². The summed E-state index contributed by atoms with van der Waals surface area (Å²) in [6.45, 7) is 5.58. The Bertz CT molecular complexity index is 333. The van der Waals surface area contributed by atoms with Gasteiger partial charge < -0.3 is 20.8 Å². The zero-order chi connectivity index (χ0) is 14.6. The number of carbonyl (C=O) groups is 2. The lowest BCUT2D eigenvalue weighted by atomic mass is 9.93. The summed E-state index contributed by atoms with van der Waals surface area (Å²) < 4.78 is 0. The van der Waals surface area contributed by atoms with Gasteiger partial charge in [-0.2, -0.15) is 0 Å². The first-order valence-corrected chi connectivity index (χ1v) is 6.84. The number of aliphatic carboxylic acids is 1. The second-order valence-electron chi connectivity index (χ2n) is 5.39. The second-order valence-corrected chi connectivity index (χ2v) is 5.39. The van der Waals surface area contributed by atoms with Crippen LogP contribution < -0.4 is 10.6 Å². The molecule has 0 radical (unpaired) electrons. The van der Waals surface area contributed by atoms with Crippen molar-refractivity contribution >= 4 is 12.0 Å². The number of hydrogen-bond acceptors (Lipinski definition) is 3. The number of carbonyl (C=O) groups excluding carboxylic acids is 1. The van der Waals surface area contributed by atoms with E-state index in [1.165, 1.54) is 6.92 Å². The largest absolute Gasteiger partial charge is 0.480 e. The van der Waals surface area contributed by atoms with Crippen molar-refractivity contribution in [1.82, 2.24) is 10.6 Å². The molecule has 2 amide bonds. The molecule has 5 atom stereocenters. The predicted molar refractivity (Wildman–Crippen MR) is 70.7 cm³/mol. The van der Waals surface area contributed by atoms with E-state index in [-0.39, 0.29) is 6.04 Å². The number of hydrogen-bond donors (Lipinski definition) is 4. The normalized spacial score (nSPS) is 29.6. The molecule has 6 heteroatoms. The van der Waals surface area contributed by atoms with Gasteiger partial charge in [-0.25, -0.2) is 9.59 Å². The Hall–Kier alpha value is -1.30. The first kappa shape index (κ1) is 15.8. The SMILES string of the molecule is CCC1CCC(NC(=O)N[C@H](C(=O)O)[C@@H](C)O)C1C. The summed E-state index contributed by atoms with van der Waals surface area (Å²) in [7, 11) is 0. The number of rotatable bonds is 5. The highest BCUT2D eigenvalue weighted by molar-refractivity contribution is 5.83. The van der Waals surface area contributed by atoms with Gasteiger partial charge in [0.15, 0.2) is 6.04 Å². The number of aliphatic hydroxyl groups is 1. The molecular weight excluding hydrogens is 248 g/mol. The molecule has 6 nitrogen and oxygen atoms in total. The van der Waals surface area contributed by atoms with Crippen LogP contribution in [-0.2, 0) is 4.79 Å². The summed E-state index contributed by atoms with van der Waals surface area (Å²) in [6.07, 6.45) is 1.96. The summed E-state index contributed by atoms with van der Waals surface area (Å²) in [5.74, 6) is -0.237. The molecule has 110 valence electrons. The number of amides is 2. The molecule has 1 saturated carbocycles. The van der Waals surface area contributed by atoms with Crippen molar-refractivity contribution in [3.63, 3.8) is 0 Å². The Morgan fingerprint density at radius 3 is 2.42 bits per heavy atom. The molecule has 3 unspecified atom stereocenters. The lowest BCUT2D eigenvalue weighted by Gasteiger charge is -2.23. The molecule has 19 heavy (non-hydrogen) atoms. The van der Waals surface area contributed by atoms with Crippen LogP contribution in [0.5, 0.6) is 0 Å². The van der Waals surface area contributed by atoms with Gasteiger partial charge in [-0.1, -0.05) is 20.3 Å². The van der Waals surface area contributed by atoms with E-state index in [9.17, 15) is 14.7 Å². The lowest BCUT2D eigenvalue weighted by molar-refractivity contribution is -0.141. The topological polar surface area (TPSA) is 98.7 Å². The number of aliphatic hydroxyl groups excluding tert-OH is 1. The summed E-state index contributed by atoms with van der Waals surface area (Å²) in [4.78, 5) is 22.6. The fourth-order valence-electron chi connectivity index (χ4n) is 2.77. The zero-order valence-electron chi connectivity index (χ0n) is 11.7. The van der Waals surface area contributed by atoms with E-state index in [4.69, 9.17) is 5.11 Å². The Labute approximate surface area is 113 Å².